The SMILES string of the molecule is CNCCc1ccccc1C(=O)Nc1cc(OC)c(OC)c(OC)c1. The van der Waals surface area contributed by atoms with Crippen LogP contribution in [0.2, 0.25) is 0 Å². The molecule has 134 valence electrons. The van der Waals surface area contributed by atoms with Gasteiger partial charge < -0.3 is 24.8 Å². The zero-order valence-electron chi connectivity index (χ0n) is 15.0. The molecule has 0 unspecified atom stereocenters. The molecule has 0 spiro atoms. The lowest BCUT2D eigenvalue weighted by Gasteiger charge is -2.15. The molecule has 0 aliphatic carbocycles. The number of amides is 1. The maximum absolute atomic E-state index is 12.7. The van der Waals surface area contributed by atoms with Gasteiger partial charge in [0.1, 0.15) is 0 Å². The van der Waals surface area contributed by atoms with Crippen LogP contribution in [0.3, 0.4) is 0 Å². The minimum atomic E-state index is -0.180. The Morgan fingerprint density at radius 1 is 1.00 bits per heavy atom. The molecular weight excluding hydrogens is 320 g/mol. The second-order valence-corrected chi connectivity index (χ2v) is 5.38. The van der Waals surface area contributed by atoms with Gasteiger partial charge in [-0.15, -0.1) is 0 Å². The fraction of sp³-hybridized carbons (Fsp3) is 0.316. The Hall–Kier alpha value is -2.73. The zero-order valence-corrected chi connectivity index (χ0v) is 15.0. The van der Waals surface area contributed by atoms with Gasteiger partial charge in [0.25, 0.3) is 5.91 Å². The van der Waals surface area contributed by atoms with E-state index < -0.39 is 0 Å². The lowest BCUT2D eigenvalue weighted by Crippen LogP contribution is -2.17. The first kappa shape index (κ1) is 18.6. The van der Waals surface area contributed by atoms with E-state index in [0.717, 1.165) is 18.5 Å². The molecule has 0 atom stereocenters. The van der Waals surface area contributed by atoms with E-state index >= 15 is 0 Å². The van der Waals surface area contributed by atoms with Crippen molar-refractivity contribution in [3.63, 3.8) is 0 Å². The van der Waals surface area contributed by atoms with Crippen molar-refractivity contribution in [1.29, 1.82) is 0 Å². The number of hydrogen-bond donors (Lipinski definition) is 2. The molecule has 2 N–H and O–H groups in total. The second kappa shape index (κ2) is 8.94. The van der Waals surface area contributed by atoms with Crippen molar-refractivity contribution in [1.82, 2.24) is 5.32 Å². The maximum Gasteiger partial charge on any atom is 0.255 e. The second-order valence-electron chi connectivity index (χ2n) is 5.38. The molecule has 0 fully saturated rings. The molecule has 0 saturated heterocycles. The lowest BCUT2D eigenvalue weighted by atomic mass is 10.0. The highest BCUT2D eigenvalue weighted by atomic mass is 16.5. The highest BCUT2D eigenvalue weighted by molar-refractivity contribution is 6.05. The number of hydrogen-bond acceptors (Lipinski definition) is 5. The molecule has 2 aromatic carbocycles. The third-order valence-corrected chi connectivity index (χ3v) is 3.83. The average molecular weight is 344 g/mol. The van der Waals surface area contributed by atoms with Gasteiger partial charge >= 0.3 is 0 Å². The van der Waals surface area contributed by atoms with Crippen molar-refractivity contribution in [2.75, 3.05) is 40.2 Å². The van der Waals surface area contributed by atoms with Crippen molar-refractivity contribution in [2.45, 2.75) is 6.42 Å². The minimum Gasteiger partial charge on any atom is -0.493 e. The molecule has 2 rings (SSSR count). The van der Waals surface area contributed by atoms with E-state index in [1.807, 2.05) is 31.3 Å². The molecule has 0 aliphatic rings. The van der Waals surface area contributed by atoms with Crippen molar-refractivity contribution in [3.05, 3.63) is 47.5 Å². The Morgan fingerprint density at radius 3 is 2.20 bits per heavy atom. The summed E-state index contributed by atoms with van der Waals surface area (Å²) in [4.78, 5) is 12.7. The molecule has 0 bridgehead atoms. The number of benzene rings is 2. The molecule has 6 nitrogen and oxygen atoms in total. The topological polar surface area (TPSA) is 68.8 Å². The Balaban J connectivity index is 2.29. The number of carbonyl (C=O) groups excluding carboxylic acids is 1. The fourth-order valence-electron chi connectivity index (χ4n) is 2.57. The van der Waals surface area contributed by atoms with Crippen LogP contribution in [0.4, 0.5) is 5.69 Å². The monoisotopic (exact) mass is 344 g/mol. The number of anilines is 1. The van der Waals surface area contributed by atoms with Crippen molar-refractivity contribution >= 4 is 11.6 Å². The van der Waals surface area contributed by atoms with Gasteiger partial charge in [-0.25, -0.2) is 0 Å². The summed E-state index contributed by atoms with van der Waals surface area (Å²) in [6, 6.07) is 11.0. The van der Waals surface area contributed by atoms with Crippen LogP contribution in [0.1, 0.15) is 15.9 Å². The largest absolute Gasteiger partial charge is 0.493 e. The predicted octanol–water partition coefficient (Wildman–Crippen LogP) is 2.73. The Morgan fingerprint density at radius 2 is 1.64 bits per heavy atom. The lowest BCUT2D eigenvalue weighted by molar-refractivity contribution is 0.102. The number of nitrogens with one attached hydrogen (secondary N) is 2. The summed E-state index contributed by atoms with van der Waals surface area (Å²) in [6.45, 7) is 0.800. The van der Waals surface area contributed by atoms with Crippen LogP contribution in [-0.4, -0.2) is 40.8 Å². The molecule has 0 radical (unpaired) electrons. The van der Waals surface area contributed by atoms with Gasteiger partial charge in [0.05, 0.1) is 21.3 Å². The van der Waals surface area contributed by atoms with Gasteiger partial charge in [-0.05, 0) is 31.6 Å². The summed E-state index contributed by atoms with van der Waals surface area (Å²) in [5, 5.41) is 6.00. The zero-order chi connectivity index (χ0) is 18.2. The van der Waals surface area contributed by atoms with E-state index in [1.54, 1.807) is 12.1 Å². The van der Waals surface area contributed by atoms with Crippen LogP contribution in [0.5, 0.6) is 17.2 Å². The van der Waals surface area contributed by atoms with Gasteiger partial charge in [0.15, 0.2) is 11.5 Å². The Labute approximate surface area is 148 Å². The summed E-state index contributed by atoms with van der Waals surface area (Å²) in [7, 11) is 6.50. The van der Waals surface area contributed by atoms with E-state index in [0.29, 0.717) is 28.5 Å². The highest BCUT2D eigenvalue weighted by Gasteiger charge is 2.16. The predicted molar refractivity (Wildman–Crippen MR) is 98.1 cm³/mol. The van der Waals surface area contributed by atoms with Crippen molar-refractivity contribution in [2.24, 2.45) is 0 Å². The van der Waals surface area contributed by atoms with Crippen LogP contribution >= 0.6 is 0 Å². The molecule has 0 aromatic heterocycles. The van der Waals surface area contributed by atoms with Gasteiger partial charge in [-0.1, -0.05) is 18.2 Å². The summed E-state index contributed by atoms with van der Waals surface area (Å²) in [6.07, 6.45) is 0.773. The first-order valence-corrected chi connectivity index (χ1v) is 7.98. The van der Waals surface area contributed by atoms with Gasteiger partial charge in [0.2, 0.25) is 5.75 Å². The number of ether oxygens (including phenoxy) is 3. The van der Waals surface area contributed by atoms with Crippen molar-refractivity contribution < 1.29 is 19.0 Å². The highest BCUT2D eigenvalue weighted by Crippen LogP contribution is 2.40. The van der Waals surface area contributed by atoms with Gasteiger partial charge in [0, 0.05) is 23.4 Å². The number of methoxy groups -OCH3 is 3. The van der Waals surface area contributed by atoms with E-state index in [9.17, 15) is 4.79 Å². The number of rotatable bonds is 8. The minimum absolute atomic E-state index is 0.180. The van der Waals surface area contributed by atoms with E-state index in [2.05, 4.69) is 10.6 Å². The quantitative estimate of drug-likeness (QED) is 0.771. The maximum atomic E-state index is 12.7. The molecule has 2 aromatic rings. The van der Waals surface area contributed by atoms with Gasteiger partial charge in [-0.2, -0.15) is 0 Å². The first-order chi connectivity index (χ1) is 12.1. The summed E-state index contributed by atoms with van der Waals surface area (Å²) < 4.78 is 15.9. The number of carbonyl (C=O) groups is 1. The van der Waals surface area contributed by atoms with E-state index in [1.165, 1.54) is 21.3 Å². The third kappa shape index (κ3) is 4.42. The molecule has 0 aliphatic heterocycles. The normalized spacial score (nSPS) is 10.2. The van der Waals surface area contributed by atoms with E-state index in [4.69, 9.17) is 14.2 Å². The van der Waals surface area contributed by atoms with Crippen LogP contribution < -0.4 is 24.8 Å². The van der Waals surface area contributed by atoms with Crippen LogP contribution in [-0.2, 0) is 6.42 Å². The van der Waals surface area contributed by atoms with E-state index in [-0.39, 0.29) is 5.91 Å². The average Bonchev–Trinajstić information content (AvgIpc) is 2.65. The first-order valence-electron chi connectivity index (χ1n) is 7.98. The fourth-order valence-corrected chi connectivity index (χ4v) is 2.57. The third-order valence-electron chi connectivity index (χ3n) is 3.83. The van der Waals surface area contributed by atoms with Crippen molar-refractivity contribution in [3.8, 4) is 17.2 Å². The summed E-state index contributed by atoms with van der Waals surface area (Å²) >= 11 is 0. The molecule has 25 heavy (non-hydrogen) atoms. The molecule has 6 heteroatoms. The van der Waals surface area contributed by atoms with Crippen LogP contribution in [0, 0.1) is 0 Å². The summed E-state index contributed by atoms with van der Waals surface area (Å²) in [5.74, 6) is 1.28. The smallest absolute Gasteiger partial charge is 0.255 e. The molecule has 1 amide bonds. The molecule has 0 heterocycles. The number of likely N-dealkylation sites (N-methyl/N-ethyl adjacent to an activating group) is 1. The molecular formula is C19H24N2O4. The van der Waals surface area contributed by atoms with Gasteiger partial charge in [-0.3, -0.25) is 4.79 Å². The standard InChI is InChI=1S/C19H24N2O4/c1-20-10-9-13-7-5-6-8-15(13)19(22)21-14-11-16(23-2)18(25-4)17(12-14)24-3/h5-8,11-12,20H,9-10H2,1-4H3,(H,21,22). The van der Waals surface area contributed by atoms with Crippen LogP contribution in [0.25, 0.3) is 0 Å². The Kier molecular flexibility index (Phi) is 6.65. The Bertz CT molecular complexity index is 706. The molecule has 0 saturated carbocycles. The van der Waals surface area contributed by atoms with Crippen LogP contribution in [0.15, 0.2) is 36.4 Å². The summed E-state index contributed by atoms with van der Waals surface area (Å²) in [5.41, 5.74) is 2.20.